The molecule has 2 rings (SSSR count). The van der Waals surface area contributed by atoms with Gasteiger partial charge in [-0.1, -0.05) is 6.07 Å². The van der Waals surface area contributed by atoms with Crippen LogP contribution in [0.15, 0.2) is 24.3 Å². The van der Waals surface area contributed by atoms with Crippen LogP contribution < -0.4 is 4.74 Å². The third-order valence-electron chi connectivity index (χ3n) is 3.85. The Kier molecular flexibility index (Phi) is 5.62. The van der Waals surface area contributed by atoms with Crippen molar-refractivity contribution in [2.45, 2.75) is 45.8 Å². The summed E-state index contributed by atoms with van der Waals surface area (Å²) < 4.78 is 11.0. The average Bonchev–Trinajstić information content (AvgIpc) is 2.48. The van der Waals surface area contributed by atoms with Crippen LogP contribution in [0.5, 0.6) is 5.75 Å². The van der Waals surface area contributed by atoms with E-state index in [1.165, 1.54) is 0 Å². The molecule has 0 amide bonds. The van der Waals surface area contributed by atoms with Gasteiger partial charge in [0.15, 0.2) is 0 Å². The lowest BCUT2D eigenvalue weighted by atomic mass is 10.1. The summed E-state index contributed by atoms with van der Waals surface area (Å²) in [5.41, 5.74) is 0.550. The number of rotatable bonds is 5. The minimum absolute atomic E-state index is 0.234. The van der Waals surface area contributed by atoms with E-state index in [2.05, 4.69) is 18.7 Å². The van der Waals surface area contributed by atoms with Crippen molar-refractivity contribution in [2.24, 2.45) is 0 Å². The van der Waals surface area contributed by atoms with Crippen LogP contribution in [0.25, 0.3) is 0 Å². The van der Waals surface area contributed by atoms with Crippen molar-refractivity contribution >= 4 is 5.97 Å². The van der Waals surface area contributed by atoms with E-state index in [0.29, 0.717) is 18.2 Å². The summed E-state index contributed by atoms with van der Waals surface area (Å²) in [6.45, 7) is 8.78. The minimum Gasteiger partial charge on any atom is -0.490 e. The number of esters is 1. The van der Waals surface area contributed by atoms with E-state index in [4.69, 9.17) is 9.47 Å². The van der Waals surface area contributed by atoms with E-state index in [1.807, 2.05) is 12.1 Å². The van der Waals surface area contributed by atoms with Gasteiger partial charge in [-0.3, -0.25) is 0 Å². The fraction of sp³-hybridized carbons (Fsp3) is 0.588. The molecule has 1 aromatic carbocycles. The Hall–Kier alpha value is -1.55. The molecule has 0 aromatic heterocycles. The summed E-state index contributed by atoms with van der Waals surface area (Å²) >= 11 is 0. The molecule has 1 fully saturated rings. The molecule has 1 saturated heterocycles. The van der Waals surface area contributed by atoms with Crippen LogP contribution in [0.1, 0.15) is 44.0 Å². The summed E-state index contributed by atoms with van der Waals surface area (Å²) in [5, 5.41) is 0. The molecule has 0 spiro atoms. The molecule has 21 heavy (non-hydrogen) atoms. The molecule has 1 aromatic rings. The van der Waals surface area contributed by atoms with Crippen molar-refractivity contribution in [2.75, 3.05) is 19.7 Å². The topological polar surface area (TPSA) is 38.8 Å². The highest BCUT2D eigenvalue weighted by Gasteiger charge is 2.22. The van der Waals surface area contributed by atoms with Gasteiger partial charge in [-0.15, -0.1) is 0 Å². The number of benzene rings is 1. The molecule has 1 heterocycles. The summed E-state index contributed by atoms with van der Waals surface area (Å²) in [6, 6.07) is 7.86. The van der Waals surface area contributed by atoms with Crippen LogP contribution in [0.3, 0.4) is 0 Å². The van der Waals surface area contributed by atoms with Crippen molar-refractivity contribution in [1.82, 2.24) is 4.90 Å². The predicted molar refractivity (Wildman–Crippen MR) is 82.8 cm³/mol. The first-order chi connectivity index (χ1) is 10.1. The van der Waals surface area contributed by atoms with Gasteiger partial charge in [-0.25, -0.2) is 4.79 Å². The Morgan fingerprint density at radius 1 is 1.33 bits per heavy atom. The Morgan fingerprint density at radius 2 is 2.05 bits per heavy atom. The molecule has 1 aliphatic rings. The molecule has 1 aliphatic heterocycles. The van der Waals surface area contributed by atoms with Crippen LogP contribution in [0.4, 0.5) is 0 Å². The quantitative estimate of drug-likeness (QED) is 0.781. The third-order valence-corrected chi connectivity index (χ3v) is 3.85. The number of hydrogen-bond donors (Lipinski definition) is 0. The molecular formula is C17H25NO3. The fourth-order valence-corrected chi connectivity index (χ4v) is 2.61. The monoisotopic (exact) mass is 291 g/mol. The Balaban J connectivity index is 1.92. The smallest absolute Gasteiger partial charge is 0.338 e. The van der Waals surface area contributed by atoms with Crippen LogP contribution >= 0.6 is 0 Å². The summed E-state index contributed by atoms with van der Waals surface area (Å²) in [5.74, 6) is 0.459. The molecule has 0 aliphatic carbocycles. The van der Waals surface area contributed by atoms with Gasteiger partial charge in [0.1, 0.15) is 11.9 Å². The lowest BCUT2D eigenvalue weighted by Crippen LogP contribution is -2.41. The number of carbonyl (C=O) groups excluding carboxylic acids is 1. The molecule has 4 nitrogen and oxygen atoms in total. The van der Waals surface area contributed by atoms with E-state index >= 15 is 0 Å². The van der Waals surface area contributed by atoms with Gasteiger partial charge in [-0.05, 0) is 51.8 Å². The van der Waals surface area contributed by atoms with E-state index in [9.17, 15) is 4.79 Å². The fourth-order valence-electron chi connectivity index (χ4n) is 2.61. The van der Waals surface area contributed by atoms with Crippen LogP contribution in [-0.4, -0.2) is 42.7 Å². The molecule has 4 heteroatoms. The zero-order chi connectivity index (χ0) is 15.2. The SMILES string of the molecule is CCOC(=O)c1cccc(OC2CCN(C(C)C)CC2)c1. The zero-order valence-corrected chi connectivity index (χ0v) is 13.2. The Morgan fingerprint density at radius 3 is 2.67 bits per heavy atom. The second-order valence-electron chi connectivity index (χ2n) is 5.70. The molecule has 0 bridgehead atoms. The molecule has 116 valence electrons. The number of nitrogens with zero attached hydrogens (tertiary/aromatic N) is 1. The predicted octanol–water partition coefficient (Wildman–Crippen LogP) is 3.11. The number of carbonyl (C=O) groups is 1. The van der Waals surface area contributed by atoms with E-state index < -0.39 is 0 Å². The summed E-state index contributed by atoms with van der Waals surface area (Å²) in [7, 11) is 0. The van der Waals surface area contributed by atoms with Crippen molar-refractivity contribution in [1.29, 1.82) is 0 Å². The largest absolute Gasteiger partial charge is 0.490 e. The third kappa shape index (κ3) is 4.46. The van der Waals surface area contributed by atoms with Gasteiger partial charge >= 0.3 is 5.97 Å². The van der Waals surface area contributed by atoms with Crippen LogP contribution in [-0.2, 0) is 4.74 Å². The Bertz CT molecular complexity index is 465. The van der Waals surface area contributed by atoms with Gasteiger partial charge in [0.25, 0.3) is 0 Å². The molecular weight excluding hydrogens is 266 g/mol. The molecule has 0 unspecified atom stereocenters. The maximum Gasteiger partial charge on any atom is 0.338 e. The highest BCUT2D eigenvalue weighted by atomic mass is 16.5. The number of hydrogen-bond acceptors (Lipinski definition) is 4. The van der Waals surface area contributed by atoms with Gasteiger partial charge in [-0.2, -0.15) is 0 Å². The first-order valence-electron chi connectivity index (χ1n) is 7.78. The lowest BCUT2D eigenvalue weighted by molar-refractivity contribution is 0.0524. The molecule has 0 N–H and O–H groups in total. The van der Waals surface area contributed by atoms with Crippen molar-refractivity contribution in [3.63, 3.8) is 0 Å². The average molecular weight is 291 g/mol. The van der Waals surface area contributed by atoms with E-state index in [-0.39, 0.29) is 12.1 Å². The maximum absolute atomic E-state index is 11.7. The summed E-state index contributed by atoms with van der Waals surface area (Å²) in [4.78, 5) is 14.2. The Labute approximate surface area is 127 Å². The molecule has 0 saturated carbocycles. The van der Waals surface area contributed by atoms with E-state index in [0.717, 1.165) is 31.7 Å². The second kappa shape index (κ2) is 7.46. The first-order valence-corrected chi connectivity index (χ1v) is 7.78. The first kappa shape index (κ1) is 15.8. The summed E-state index contributed by atoms with van der Waals surface area (Å²) in [6.07, 6.45) is 2.29. The number of likely N-dealkylation sites (tertiary alicyclic amines) is 1. The highest BCUT2D eigenvalue weighted by molar-refractivity contribution is 5.89. The lowest BCUT2D eigenvalue weighted by Gasteiger charge is -2.34. The molecule has 0 atom stereocenters. The number of ether oxygens (including phenoxy) is 2. The van der Waals surface area contributed by atoms with Crippen LogP contribution in [0, 0.1) is 0 Å². The highest BCUT2D eigenvalue weighted by Crippen LogP contribution is 2.21. The zero-order valence-electron chi connectivity index (χ0n) is 13.2. The standard InChI is InChI=1S/C17H25NO3/c1-4-20-17(19)14-6-5-7-16(12-14)21-15-8-10-18(11-9-15)13(2)3/h5-7,12-13,15H,4,8-11H2,1-3H3. The van der Waals surface area contributed by atoms with Crippen LogP contribution in [0.2, 0.25) is 0 Å². The van der Waals surface area contributed by atoms with Crippen molar-refractivity contribution < 1.29 is 14.3 Å². The van der Waals surface area contributed by atoms with Gasteiger partial charge in [0.05, 0.1) is 12.2 Å². The maximum atomic E-state index is 11.7. The van der Waals surface area contributed by atoms with Gasteiger partial charge < -0.3 is 14.4 Å². The van der Waals surface area contributed by atoms with Gasteiger partial charge in [0, 0.05) is 19.1 Å². The van der Waals surface area contributed by atoms with Gasteiger partial charge in [0.2, 0.25) is 0 Å². The second-order valence-corrected chi connectivity index (χ2v) is 5.70. The minimum atomic E-state index is -0.294. The number of piperidine rings is 1. The van der Waals surface area contributed by atoms with Crippen molar-refractivity contribution in [3.8, 4) is 5.75 Å². The van der Waals surface area contributed by atoms with Crippen molar-refractivity contribution in [3.05, 3.63) is 29.8 Å². The molecule has 0 radical (unpaired) electrons. The van der Waals surface area contributed by atoms with E-state index in [1.54, 1.807) is 19.1 Å². The normalized spacial score (nSPS) is 17.0.